The molecule has 4 nitrogen and oxygen atoms in total. The van der Waals surface area contributed by atoms with Crippen molar-refractivity contribution < 1.29 is 14.1 Å². The number of benzene rings is 3. The van der Waals surface area contributed by atoms with Gasteiger partial charge in [0.05, 0.1) is 17.7 Å². The summed E-state index contributed by atoms with van der Waals surface area (Å²) in [7, 11) is 0. The first-order valence-electron chi connectivity index (χ1n) is 13.5. The molecule has 3 aromatic carbocycles. The number of esters is 1. The van der Waals surface area contributed by atoms with E-state index in [9.17, 15) is 4.79 Å². The fourth-order valence-electron chi connectivity index (χ4n) is 5.89. The first kappa shape index (κ1) is 23.7. The molecule has 4 aromatic rings. The highest BCUT2D eigenvalue weighted by atomic mass is 16.5. The van der Waals surface area contributed by atoms with Gasteiger partial charge in [0.2, 0.25) is 0 Å². The van der Waals surface area contributed by atoms with Gasteiger partial charge >= 0.3 is 5.97 Å². The lowest BCUT2D eigenvalue weighted by Crippen LogP contribution is -2.23. The molecule has 0 radical (unpaired) electrons. The van der Waals surface area contributed by atoms with E-state index in [0.29, 0.717) is 12.5 Å². The predicted molar refractivity (Wildman–Crippen MR) is 145 cm³/mol. The average molecular weight is 492 g/mol. The molecule has 188 valence electrons. The summed E-state index contributed by atoms with van der Waals surface area (Å²) in [6.07, 6.45) is 6.19. The third-order valence-corrected chi connectivity index (χ3v) is 8.26. The molecule has 6 rings (SSSR count). The van der Waals surface area contributed by atoms with E-state index in [-0.39, 0.29) is 5.97 Å². The number of aromatic nitrogens is 1. The Morgan fingerprint density at radius 3 is 2.27 bits per heavy atom. The van der Waals surface area contributed by atoms with Gasteiger partial charge in [0.15, 0.2) is 5.76 Å². The van der Waals surface area contributed by atoms with Crippen molar-refractivity contribution in [1.82, 2.24) is 5.16 Å². The summed E-state index contributed by atoms with van der Waals surface area (Å²) in [5.74, 6) is 1.40. The van der Waals surface area contributed by atoms with Gasteiger partial charge in [0.25, 0.3) is 0 Å². The Balaban J connectivity index is 1.19. The van der Waals surface area contributed by atoms with Crippen LogP contribution in [0.1, 0.15) is 54.1 Å². The number of rotatable bonds is 7. The Bertz CT molecular complexity index is 1410. The van der Waals surface area contributed by atoms with E-state index in [1.807, 2.05) is 6.92 Å². The Hall–Kier alpha value is -3.66. The molecule has 2 aliphatic rings. The van der Waals surface area contributed by atoms with Crippen LogP contribution in [0.25, 0.3) is 22.5 Å². The second kappa shape index (κ2) is 9.66. The molecule has 1 unspecified atom stereocenters. The molecule has 1 fully saturated rings. The van der Waals surface area contributed by atoms with E-state index < -0.39 is 5.41 Å². The number of fused-ring (bicyclic) bond motifs is 1. The maximum atomic E-state index is 12.4. The van der Waals surface area contributed by atoms with Crippen molar-refractivity contribution in [3.05, 3.63) is 101 Å². The number of ether oxygens (including phenoxy) is 1. The van der Waals surface area contributed by atoms with Crippen molar-refractivity contribution in [2.75, 3.05) is 6.61 Å². The normalized spacial score (nSPS) is 17.7. The summed E-state index contributed by atoms with van der Waals surface area (Å²) < 4.78 is 11.2. The largest absolute Gasteiger partial charge is 0.465 e. The minimum absolute atomic E-state index is 0.0947. The van der Waals surface area contributed by atoms with Crippen LogP contribution in [0.2, 0.25) is 0 Å². The van der Waals surface area contributed by atoms with Crippen LogP contribution in [0.15, 0.2) is 77.3 Å². The van der Waals surface area contributed by atoms with E-state index in [1.54, 1.807) is 0 Å². The molecule has 0 aliphatic heterocycles. The Kier molecular flexibility index (Phi) is 6.19. The van der Waals surface area contributed by atoms with Gasteiger partial charge in [-0.15, -0.1) is 0 Å². The maximum Gasteiger partial charge on any atom is 0.316 e. The monoisotopic (exact) mass is 491 g/mol. The first-order chi connectivity index (χ1) is 18.1. The number of aryl methyl sites for hydroxylation is 2. The number of nitrogens with zero attached hydrogens (tertiary/aromatic N) is 1. The third kappa shape index (κ3) is 4.50. The van der Waals surface area contributed by atoms with E-state index in [0.717, 1.165) is 65.8 Å². The summed E-state index contributed by atoms with van der Waals surface area (Å²) in [4.78, 5) is 12.4. The quantitative estimate of drug-likeness (QED) is 0.255. The smallest absolute Gasteiger partial charge is 0.316 e. The standard InChI is InChI=1S/C33H33NO3/c1-3-36-32(35)33(18-19-33)29-16-14-26(15-17-29)25-10-12-27(13-11-25)31-30(22(2)34-37-31)21-23-8-9-24-6-4-5-7-28(24)20-23/h4-7,10-17,23H,3,8-9,18-21H2,1-2H3. The zero-order chi connectivity index (χ0) is 25.4. The number of hydrogen-bond acceptors (Lipinski definition) is 4. The summed E-state index contributed by atoms with van der Waals surface area (Å²) >= 11 is 0. The molecule has 4 heteroatoms. The van der Waals surface area contributed by atoms with E-state index in [2.05, 4.69) is 84.9 Å². The Labute approximate surface area is 218 Å². The summed E-state index contributed by atoms with van der Waals surface area (Å²) in [6, 6.07) is 25.7. The lowest BCUT2D eigenvalue weighted by Gasteiger charge is -2.24. The van der Waals surface area contributed by atoms with Crippen molar-refractivity contribution in [2.45, 2.75) is 57.8 Å². The van der Waals surface area contributed by atoms with Gasteiger partial charge in [-0.25, -0.2) is 0 Å². The fourth-order valence-corrected chi connectivity index (χ4v) is 5.89. The van der Waals surface area contributed by atoms with Crippen LogP contribution in [-0.2, 0) is 34.2 Å². The van der Waals surface area contributed by atoms with Gasteiger partial charge in [-0.1, -0.05) is 78.0 Å². The fraction of sp³-hybridized carbons (Fsp3) is 0.333. The molecule has 1 atom stereocenters. The summed E-state index contributed by atoms with van der Waals surface area (Å²) in [5, 5.41) is 4.34. The lowest BCUT2D eigenvalue weighted by atomic mass is 9.80. The van der Waals surface area contributed by atoms with Crippen molar-refractivity contribution >= 4 is 5.97 Å². The lowest BCUT2D eigenvalue weighted by molar-refractivity contribution is -0.146. The molecular formula is C33H33NO3. The predicted octanol–water partition coefficient (Wildman–Crippen LogP) is 7.26. The molecule has 0 amide bonds. The third-order valence-electron chi connectivity index (χ3n) is 8.26. The van der Waals surface area contributed by atoms with E-state index in [4.69, 9.17) is 9.26 Å². The Morgan fingerprint density at radius 1 is 0.946 bits per heavy atom. The van der Waals surface area contributed by atoms with Crippen LogP contribution in [-0.4, -0.2) is 17.7 Å². The summed E-state index contributed by atoms with van der Waals surface area (Å²) in [5.41, 5.74) is 9.16. The molecule has 37 heavy (non-hydrogen) atoms. The minimum atomic E-state index is -0.431. The van der Waals surface area contributed by atoms with Gasteiger partial charge in [0, 0.05) is 11.1 Å². The topological polar surface area (TPSA) is 52.3 Å². The minimum Gasteiger partial charge on any atom is -0.465 e. The molecule has 1 saturated carbocycles. The van der Waals surface area contributed by atoms with E-state index >= 15 is 0 Å². The van der Waals surface area contributed by atoms with Crippen molar-refractivity contribution in [1.29, 1.82) is 0 Å². The van der Waals surface area contributed by atoms with Gasteiger partial charge in [0.1, 0.15) is 0 Å². The average Bonchev–Trinajstić information content (AvgIpc) is 3.68. The van der Waals surface area contributed by atoms with Crippen LogP contribution in [0.5, 0.6) is 0 Å². The van der Waals surface area contributed by atoms with Crippen LogP contribution in [0.3, 0.4) is 0 Å². The van der Waals surface area contributed by atoms with Gasteiger partial charge < -0.3 is 9.26 Å². The highest BCUT2D eigenvalue weighted by Gasteiger charge is 2.52. The SMILES string of the molecule is CCOC(=O)C1(c2ccc(-c3ccc(-c4onc(C)c4CC4CCc5ccccc5C4)cc3)cc2)CC1. The number of carbonyl (C=O) groups excluding carboxylic acids is 1. The molecule has 1 aromatic heterocycles. The molecule has 2 aliphatic carbocycles. The van der Waals surface area contributed by atoms with Crippen LogP contribution >= 0.6 is 0 Å². The number of carbonyl (C=O) groups is 1. The second-order valence-electron chi connectivity index (χ2n) is 10.6. The second-order valence-corrected chi connectivity index (χ2v) is 10.6. The molecular weight excluding hydrogens is 458 g/mol. The maximum absolute atomic E-state index is 12.4. The van der Waals surface area contributed by atoms with Gasteiger partial charge in [-0.2, -0.15) is 0 Å². The molecule has 0 spiro atoms. The van der Waals surface area contributed by atoms with Crippen molar-refractivity contribution in [3.8, 4) is 22.5 Å². The van der Waals surface area contributed by atoms with Crippen molar-refractivity contribution in [3.63, 3.8) is 0 Å². The Morgan fingerprint density at radius 2 is 1.59 bits per heavy atom. The molecule has 0 bridgehead atoms. The van der Waals surface area contributed by atoms with Crippen molar-refractivity contribution in [2.24, 2.45) is 5.92 Å². The molecule has 1 heterocycles. The molecule has 0 N–H and O–H groups in total. The van der Waals surface area contributed by atoms with Gasteiger partial charge in [-0.3, -0.25) is 4.79 Å². The highest BCUT2D eigenvalue weighted by Crippen LogP contribution is 2.49. The summed E-state index contributed by atoms with van der Waals surface area (Å²) in [6.45, 7) is 4.34. The van der Waals surface area contributed by atoms with Crippen LogP contribution < -0.4 is 0 Å². The highest BCUT2D eigenvalue weighted by molar-refractivity contribution is 5.87. The number of hydrogen-bond donors (Lipinski definition) is 0. The molecule has 0 saturated heterocycles. The zero-order valence-electron chi connectivity index (χ0n) is 21.6. The van der Waals surface area contributed by atoms with Gasteiger partial charge in [-0.05, 0) is 86.1 Å². The van der Waals surface area contributed by atoms with E-state index in [1.165, 1.54) is 23.1 Å². The van der Waals surface area contributed by atoms with Crippen LogP contribution in [0, 0.1) is 12.8 Å². The first-order valence-corrected chi connectivity index (χ1v) is 13.5. The van der Waals surface area contributed by atoms with Crippen LogP contribution in [0.4, 0.5) is 0 Å². The zero-order valence-corrected chi connectivity index (χ0v) is 21.6.